The Balaban J connectivity index is 2.07. The number of hydrogen-bond donors (Lipinski definition) is 1. The van der Waals surface area contributed by atoms with Gasteiger partial charge in [0.25, 0.3) is 0 Å². The maximum absolute atomic E-state index is 11.6. The number of ether oxygens (including phenoxy) is 2. The third kappa shape index (κ3) is 3.26. The number of hydrogen-bond acceptors (Lipinski definition) is 4. The topological polar surface area (TPSA) is 73.1 Å². The van der Waals surface area contributed by atoms with Crippen molar-refractivity contribution >= 4 is 11.6 Å². The van der Waals surface area contributed by atoms with Crippen LogP contribution in [-0.2, 0) is 10.2 Å². The lowest BCUT2D eigenvalue weighted by atomic mass is 9.79. The first-order valence-corrected chi connectivity index (χ1v) is 8.53. The third-order valence-electron chi connectivity index (χ3n) is 4.67. The molecule has 0 saturated carbocycles. The lowest BCUT2D eigenvalue weighted by Crippen LogP contribution is -2.37. The molecule has 134 valence electrons. The number of aromatic nitrogens is 2. The summed E-state index contributed by atoms with van der Waals surface area (Å²) in [6.07, 6.45) is 7.25. The second kappa shape index (κ2) is 6.52. The molecule has 2 aromatic rings. The van der Waals surface area contributed by atoms with Gasteiger partial charge in [-0.25, -0.2) is 9.78 Å². The molecule has 6 nitrogen and oxygen atoms in total. The minimum Gasteiger partial charge on any atom is -0.490 e. The number of carbonyl (C=O) groups is 1. The Labute approximate surface area is 147 Å². The van der Waals surface area contributed by atoms with Crippen molar-refractivity contribution in [2.45, 2.75) is 51.2 Å². The number of imidazole rings is 1. The summed E-state index contributed by atoms with van der Waals surface area (Å²) in [6.45, 7) is 10.3. The summed E-state index contributed by atoms with van der Waals surface area (Å²) in [5, 5.41) is 9.47. The van der Waals surface area contributed by atoms with E-state index in [1.165, 1.54) is 0 Å². The molecule has 0 aromatic carbocycles. The van der Waals surface area contributed by atoms with Gasteiger partial charge in [0.1, 0.15) is 17.0 Å². The molecule has 1 N–H and O–H groups in total. The van der Waals surface area contributed by atoms with Gasteiger partial charge in [0, 0.05) is 18.5 Å². The molecule has 3 rings (SSSR count). The van der Waals surface area contributed by atoms with Gasteiger partial charge in [-0.3, -0.25) is 0 Å². The molecule has 6 heteroatoms. The van der Waals surface area contributed by atoms with Crippen molar-refractivity contribution in [2.75, 3.05) is 6.61 Å². The van der Waals surface area contributed by atoms with Gasteiger partial charge in [-0.05, 0) is 33.6 Å². The molecule has 1 aliphatic heterocycles. The summed E-state index contributed by atoms with van der Waals surface area (Å²) < 4.78 is 13.2. The predicted octanol–water partition coefficient (Wildman–Crippen LogP) is 3.44. The van der Waals surface area contributed by atoms with Crippen LogP contribution in [0.1, 0.15) is 49.7 Å². The fourth-order valence-electron chi connectivity index (χ4n) is 3.14. The van der Waals surface area contributed by atoms with Crippen LogP contribution in [-0.4, -0.2) is 39.3 Å². The summed E-state index contributed by atoms with van der Waals surface area (Å²) in [5.74, 6) is -0.700. The Hall–Kier alpha value is -2.34. The Kier molecular flexibility index (Phi) is 4.56. The molecule has 3 heterocycles. The van der Waals surface area contributed by atoms with E-state index in [1.54, 1.807) is 16.7 Å². The van der Waals surface area contributed by atoms with Crippen molar-refractivity contribution in [3.63, 3.8) is 0 Å². The third-order valence-corrected chi connectivity index (χ3v) is 4.67. The minimum atomic E-state index is -1.03. The van der Waals surface area contributed by atoms with Crippen LogP contribution in [0.3, 0.4) is 0 Å². The zero-order valence-electron chi connectivity index (χ0n) is 14.9. The number of fused-ring (bicyclic) bond motifs is 1. The Bertz CT molecular complexity index is 801. The molecule has 0 spiro atoms. The highest BCUT2D eigenvalue weighted by molar-refractivity contribution is 5.91. The van der Waals surface area contributed by atoms with Crippen LogP contribution in [0, 0.1) is 0 Å². The smallest absolute Gasteiger partial charge is 0.341 e. The van der Waals surface area contributed by atoms with Gasteiger partial charge in [-0.2, -0.15) is 0 Å². The predicted molar refractivity (Wildman–Crippen MR) is 94.4 cm³/mol. The number of carboxylic acids is 1. The molecule has 1 fully saturated rings. The highest BCUT2D eigenvalue weighted by Crippen LogP contribution is 2.36. The van der Waals surface area contributed by atoms with Crippen molar-refractivity contribution < 1.29 is 19.4 Å². The maximum Gasteiger partial charge on any atom is 0.341 e. The van der Waals surface area contributed by atoms with Gasteiger partial charge in [0.2, 0.25) is 0 Å². The van der Waals surface area contributed by atoms with Gasteiger partial charge in [-0.1, -0.05) is 6.08 Å². The van der Waals surface area contributed by atoms with Crippen LogP contribution in [0.5, 0.6) is 5.75 Å². The zero-order valence-corrected chi connectivity index (χ0v) is 14.9. The first-order valence-electron chi connectivity index (χ1n) is 8.53. The Morgan fingerprint density at radius 3 is 2.88 bits per heavy atom. The Morgan fingerprint density at radius 2 is 2.32 bits per heavy atom. The van der Waals surface area contributed by atoms with Crippen molar-refractivity contribution in [1.29, 1.82) is 0 Å². The van der Waals surface area contributed by atoms with Gasteiger partial charge >= 0.3 is 5.97 Å². The van der Waals surface area contributed by atoms with E-state index < -0.39 is 5.97 Å². The first-order chi connectivity index (χ1) is 11.8. The molecule has 2 aromatic heterocycles. The van der Waals surface area contributed by atoms with E-state index in [0.29, 0.717) is 18.0 Å². The summed E-state index contributed by atoms with van der Waals surface area (Å²) in [4.78, 5) is 16.3. The molecule has 1 saturated heterocycles. The molecule has 0 radical (unpaired) electrons. The lowest BCUT2D eigenvalue weighted by Gasteiger charge is -2.35. The monoisotopic (exact) mass is 344 g/mol. The van der Waals surface area contributed by atoms with Crippen molar-refractivity contribution in [2.24, 2.45) is 0 Å². The summed E-state index contributed by atoms with van der Waals surface area (Å²) >= 11 is 0. The fraction of sp³-hybridized carbons (Fsp3) is 0.474. The van der Waals surface area contributed by atoms with E-state index >= 15 is 0 Å². The van der Waals surface area contributed by atoms with Crippen molar-refractivity contribution in [3.05, 3.63) is 42.4 Å². The van der Waals surface area contributed by atoms with Crippen LogP contribution in [0.2, 0.25) is 0 Å². The molecule has 0 aliphatic carbocycles. The molecular formula is C19H24N2O4. The molecule has 0 bridgehead atoms. The van der Waals surface area contributed by atoms with Crippen molar-refractivity contribution in [1.82, 2.24) is 9.38 Å². The summed E-state index contributed by atoms with van der Waals surface area (Å²) in [5.41, 5.74) is 1.26. The van der Waals surface area contributed by atoms with Crippen LogP contribution in [0.15, 0.2) is 31.1 Å². The number of pyridine rings is 1. The summed E-state index contributed by atoms with van der Waals surface area (Å²) in [7, 11) is 0. The number of aromatic carboxylic acids is 1. The van der Waals surface area contributed by atoms with E-state index in [0.717, 1.165) is 18.5 Å². The minimum absolute atomic E-state index is 0.117. The van der Waals surface area contributed by atoms with Crippen LogP contribution >= 0.6 is 0 Å². The molecule has 1 unspecified atom stereocenters. The quantitative estimate of drug-likeness (QED) is 0.841. The van der Waals surface area contributed by atoms with E-state index in [1.807, 2.05) is 26.1 Å². The maximum atomic E-state index is 11.6. The van der Waals surface area contributed by atoms with E-state index in [2.05, 4.69) is 13.5 Å². The average molecular weight is 344 g/mol. The molecule has 2 atom stereocenters. The second-order valence-corrected chi connectivity index (χ2v) is 6.94. The molecule has 0 amide bonds. The summed E-state index contributed by atoms with van der Waals surface area (Å²) in [6, 6.07) is 1.68. The van der Waals surface area contributed by atoms with E-state index in [9.17, 15) is 9.90 Å². The van der Waals surface area contributed by atoms with Gasteiger partial charge in [0.05, 0.1) is 29.9 Å². The molecule has 1 aliphatic rings. The van der Waals surface area contributed by atoms with Gasteiger partial charge in [-0.15, -0.1) is 6.58 Å². The lowest BCUT2D eigenvalue weighted by molar-refractivity contribution is -0.00698. The molecule has 25 heavy (non-hydrogen) atoms. The van der Waals surface area contributed by atoms with Crippen molar-refractivity contribution in [3.8, 4) is 5.75 Å². The largest absolute Gasteiger partial charge is 0.490 e. The first kappa shape index (κ1) is 17.5. The van der Waals surface area contributed by atoms with E-state index in [-0.39, 0.29) is 23.2 Å². The van der Waals surface area contributed by atoms with Gasteiger partial charge in [0.15, 0.2) is 0 Å². The number of rotatable bonds is 5. The average Bonchev–Trinajstić information content (AvgIpc) is 2.98. The SMILES string of the molecule is C=C[C@]1(c2cn3cc(C(=O)O)c(OC(C)C)cc3n2)CCC(C)OC1. The molecular weight excluding hydrogens is 320 g/mol. The van der Waals surface area contributed by atoms with Crippen LogP contribution in [0.4, 0.5) is 0 Å². The highest BCUT2D eigenvalue weighted by Gasteiger charge is 2.36. The fourth-order valence-corrected chi connectivity index (χ4v) is 3.14. The van der Waals surface area contributed by atoms with E-state index in [4.69, 9.17) is 14.5 Å². The number of nitrogens with zero attached hydrogens (tertiary/aromatic N) is 2. The zero-order chi connectivity index (χ0) is 18.2. The standard InChI is InChI=1S/C19H24N2O4/c1-5-19(7-6-13(4)24-11-19)16-10-21-9-14(18(22)23)15(25-12(2)3)8-17(21)20-16/h5,8-10,12-13H,1,6-7,11H2,2-4H3,(H,22,23)/t13?,19-/m0/s1. The normalized spacial score (nSPS) is 23.8. The van der Waals surface area contributed by atoms with Gasteiger partial charge < -0.3 is 19.0 Å². The second-order valence-electron chi connectivity index (χ2n) is 6.94. The van der Waals surface area contributed by atoms with Crippen LogP contribution in [0.25, 0.3) is 5.65 Å². The highest BCUT2D eigenvalue weighted by atomic mass is 16.5. The van der Waals surface area contributed by atoms with Crippen LogP contribution < -0.4 is 4.74 Å². The number of carboxylic acid groups (broad SMARTS) is 1. The Morgan fingerprint density at radius 1 is 1.56 bits per heavy atom.